The van der Waals surface area contributed by atoms with Crippen LogP contribution in [0.4, 0.5) is 5.69 Å². The minimum Gasteiger partial charge on any atom is -0.322 e. The highest BCUT2D eigenvalue weighted by Crippen LogP contribution is 2.23. The third-order valence-corrected chi connectivity index (χ3v) is 6.40. The van der Waals surface area contributed by atoms with Crippen molar-refractivity contribution in [1.82, 2.24) is 4.31 Å². The van der Waals surface area contributed by atoms with Crippen molar-refractivity contribution < 1.29 is 13.2 Å². The van der Waals surface area contributed by atoms with E-state index in [1.807, 2.05) is 39.8 Å². The molecular weight excluding hydrogens is 360 g/mol. The number of anilines is 1. The Bertz CT molecular complexity index is 913. The molecule has 0 atom stereocenters. The van der Waals surface area contributed by atoms with Crippen molar-refractivity contribution in [3.8, 4) is 0 Å². The van der Waals surface area contributed by atoms with Gasteiger partial charge in [0.1, 0.15) is 0 Å². The molecule has 2 aromatic carbocycles. The van der Waals surface area contributed by atoms with Gasteiger partial charge in [0.15, 0.2) is 0 Å². The second-order valence-corrected chi connectivity index (χ2v) is 8.98. The molecule has 2 aromatic rings. The second kappa shape index (κ2) is 8.67. The third-order valence-electron chi connectivity index (χ3n) is 4.55. The molecule has 2 rings (SSSR count). The number of aryl methyl sites for hydroxylation is 3. The van der Waals surface area contributed by atoms with E-state index in [1.54, 1.807) is 19.2 Å². The van der Waals surface area contributed by atoms with Gasteiger partial charge < -0.3 is 5.32 Å². The summed E-state index contributed by atoms with van der Waals surface area (Å²) in [7, 11) is -2.04. The van der Waals surface area contributed by atoms with E-state index in [4.69, 9.17) is 0 Å². The fourth-order valence-electron chi connectivity index (χ4n) is 3.04. The smallest absolute Gasteiger partial charge is 0.255 e. The molecule has 5 nitrogen and oxygen atoms in total. The number of carbonyl (C=O) groups is 1. The van der Waals surface area contributed by atoms with Crippen molar-refractivity contribution in [2.24, 2.45) is 0 Å². The lowest BCUT2D eigenvalue weighted by atomic mass is 10.0. The van der Waals surface area contributed by atoms with Crippen LogP contribution in [-0.2, 0) is 10.0 Å². The molecule has 6 heteroatoms. The normalized spacial score (nSPS) is 11.6. The molecule has 0 unspecified atom stereocenters. The average Bonchev–Trinajstić information content (AvgIpc) is 2.62. The highest BCUT2D eigenvalue weighted by Gasteiger charge is 2.21. The predicted molar refractivity (Wildman–Crippen MR) is 110 cm³/mol. The van der Waals surface area contributed by atoms with Crippen LogP contribution in [0.1, 0.15) is 46.8 Å². The van der Waals surface area contributed by atoms with Crippen LogP contribution in [0.15, 0.2) is 41.3 Å². The molecule has 0 aliphatic rings. The number of nitrogens with one attached hydrogen (secondary N) is 1. The molecule has 1 amide bonds. The lowest BCUT2D eigenvalue weighted by Gasteiger charge is -2.17. The maximum absolute atomic E-state index is 12.7. The minimum absolute atomic E-state index is 0.131. The van der Waals surface area contributed by atoms with E-state index in [1.165, 1.54) is 16.4 Å². The fourth-order valence-corrected chi connectivity index (χ4v) is 4.30. The van der Waals surface area contributed by atoms with Crippen LogP contribution >= 0.6 is 0 Å². The number of rotatable bonds is 7. The van der Waals surface area contributed by atoms with E-state index < -0.39 is 10.0 Å². The summed E-state index contributed by atoms with van der Waals surface area (Å²) in [5, 5.41) is 2.92. The number of amides is 1. The summed E-state index contributed by atoms with van der Waals surface area (Å²) < 4.78 is 26.8. The lowest BCUT2D eigenvalue weighted by molar-refractivity contribution is 0.102. The Hall–Kier alpha value is -2.18. The van der Waals surface area contributed by atoms with Gasteiger partial charge in [-0.1, -0.05) is 37.1 Å². The first-order valence-electron chi connectivity index (χ1n) is 9.12. The summed E-state index contributed by atoms with van der Waals surface area (Å²) in [5.41, 5.74) is 4.16. The van der Waals surface area contributed by atoms with E-state index in [0.717, 1.165) is 35.2 Å². The number of nitrogens with zero attached hydrogens (tertiary/aromatic N) is 1. The monoisotopic (exact) mass is 388 g/mol. The Morgan fingerprint density at radius 3 is 2.30 bits per heavy atom. The Morgan fingerprint density at radius 2 is 1.70 bits per heavy atom. The van der Waals surface area contributed by atoms with E-state index in [9.17, 15) is 13.2 Å². The first kappa shape index (κ1) is 21.1. The zero-order valence-electron chi connectivity index (χ0n) is 16.7. The Kier molecular flexibility index (Phi) is 6.78. The number of sulfonamides is 1. The molecule has 0 heterocycles. The van der Waals surface area contributed by atoms with Gasteiger partial charge in [0, 0.05) is 24.8 Å². The second-order valence-electron chi connectivity index (χ2n) is 6.94. The number of hydrogen-bond donors (Lipinski definition) is 1. The molecule has 27 heavy (non-hydrogen) atoms. The molecule has 0 bridgehead atoms. The van der Waals surface area contributed by atoms with Crippen LogP contribution in [0, 0.1) is 20.8 Å². The minimum atomic E-state index is -3.61. The van der Waals surface area contributed by atoms with Crippen molar-refractivity contribution in [2.45, 2.75) is 45.4 Å². The quantitative estimate of drug-likeness (QED) is 0.770. The molecule has 1 N–H and O–H groups in total. The maximum Gasteiger partial charge on any atom is 0.255 e. The number of hydrogen-bond acceptors (Lipinski definition) is 3. The van der Waals surface area contributed by atoms with Gasteiger partial charge in [-0.3, -0.25) is 4.79 Å². The van der Waals surface area contributed by atoms with Gasteiger partial charge in [-0.2, -0.15) is 0 Å². The maximum atomic E-state index is 12.7. The Labute approximate surface area is 162 Å². The van der Waals surface area contributed by atoms with Crippen molar-refractivity contribution in [3.63, 3.8) is 0 Å². The van der Waals surface area contributed by atoms with Crippen LogP contribution in [0.2, 0.25) is 0 Å². The molecule has 0 aliphatic heterocycles. The molecule has 0 aliphatic carbocycles. The van der Waals surface area contributed by atoms with Gasteiger partial charge in [-0.25, -0.2) is 12.7 Å². The number of unbranched alkanes of at least 4 members (excludes halogenated alkanes) is 1. The van der Waals surface area contributed by atoms with Crippen LogP contribution in [0.25, 0.3) is 0 Å². The van der Waals surface area contributed by atoms with Gasteiger partial charge in [0.25, 0.3) is 5.91 Å². The highest BCUT2D eigenvalue weighted by molar-refractivity contribution is 7.89. The standard InChI is InChI=1S/C21H28N2O3S/c1-6-7-11-23(5)27(25,26)19-10-8-9-18(14-19)21(24)22-20-16(3)12-15(2)13-17(20)4/h8-10,12-14H,6-7,11H2,1-5H3,(H,22,24). The average molecular weight is 389 g/mol. The summed E-state index contributed by atoms with van der Waals surface area (Å²) in [5.74, 6) is -0.321. The molecule has 0 saturated heterocycles. The Balaban J connectivity index is 2.28. The van der Waals surface area contributed by atoms with E-state index >= 15 is 0 Å². The van der Waals surface area contributed by atoms with E-state index in [2.05, 4.69) is 5.32 Å². The zero-order chi connectivity index (χ0) is 20.2. The Morgan fingerprint density at radius 1 is 1.07 bits per heavy atom. The van der Waals surface area contributed by atoms with Gasteiger partial charge in [-0.15, -0.1) is 0 Å². The molecule has 0 spiro atoms. The van der Waals surface area contributed by atoms with Crippen LogP contribution in [0.5, 0.6) is 0 Å². The van der Waals surface area contributed by atoms with Crippen LogP contribution in [-0.4, -0.2) is 32.2 Å². The van der Waals surface area contributed by atoms with E-state index in [0.29, 0.717) is 12.1 Å². The predicted octanol–water partition coefficient (Wildman–Crippen LogP) is 4.28. The van der Waals surface area contributed by atoms with Crippen LogP contribution in [0.3, 0.4) is 0 Å². The van der Waals surface area contributed by atoms with Gasteiger partial charge in [0.05, 0.1) is 4.90 Å². The number of benzene rings is 2. The molecule has 146 valence electrons. The van der Waals surface area contributed by atoms with Crippen molar-refractivity contribution in [3.05, 3.63) is 58.7 Å². The molecular formula is C21H28N2O3S. The van der Waals surface area contributed by atoms with E-state index in [-0.39, 0.29) is 10.8 Å². The van der Waals surface area contributed by atoms with Gasteiger partial charge in [0.2, 0.25) is 10.0 Å². The molecule has 0 aromatic heterocycles. The molecule has 0 radical (unpaired) electrons. The topological polar surface area (TPSA) is 66.5 Å². The summed E-state index contributed by atoms with van der Waals surface area (Å²) in [6.07, 6.45) is 1.71. The van der Waals surface area contributed by atoms with Gasteiger partial charge in [-0.05, 0) is 56.5 Å². The van der Waals surface area contributed by atoms with Gasteiger partial charge >= 0.3 is 0 Å². The highest BCUT2D eigenvalue weighted by atomic mass is 32.2. The SMILES string of the molecule is CCCCN(C)S(=O)(=O)c1cccc(C(=O)Nc2c(C)cc(C)cc2C)c1. The molecule has 0 fully saturated rings. The fraction of sp³-hybridized carbons (Fsp3) is 0.381. The largest absolute Gasteiger partial charge is 0.322 e. The molecule has 0 saturated carbocycles. The summed E-state index contributed by atoms with van der Waals surface area (Å²) in [4.78, 5) is 12.8. The van der Waals surface area contributed by atoms with Crippen molar-refractivity contribution in [2.75, 3.05) is 18.9 Å². The number of carbonyl (C=O) groups excluding carboxylic acids is 1. The van der Waals surface area contributed by atoms with Crippen molar-refractivity contribution >= 4 is 21.6 Å². The summed E-state index contributed by atoms with van der Waals surface area (Å²) >= 11 is 0. The third kappa shape index (κ3) is 4.96. The zero-order valence-corrected chi connectivity index (χ0v) is 17.5. The lowest BCUT2D eigenvalue weighted by Crippen LogP contribution is -2.28. The first-order chi connectivity index (χ1) is 12.7. The van der Waals surface area contributed by atoms with Crippen molar-refractivity contribution in [1.29, 1.82) is 0 Å². The summed E-state index contributed by atoms with van der Waals surface area (Å²) in [6.45, 7) is 8.37. The van der Waals surface area contributed by atoms with Crippen LogP contribution < -0.4 is 5.32 Å². The summed E-state index contributed by atoms with van der Waals surface area (Å²) in [6, 6.07) is 10.2. The first-order valence-corrected chi connectivity index (χ1v) is 10.6.